The summed E-state index contributed by atoms with van der Waals surface area (Å²) in [6, 6.07) is 1.20. The van der Waals surface area contributed by atoms with Crippen LogP contribution in [0.4, 0.5) is 5.69 Å². The van der Waals surface area contributed by atoms with E-state index in [9.17, 15) is 13.2 Å². The van der Waals surface area contributed by atoms with Crippen molar-refractivity contribution in [2.24, 2.45) is 5.92 Å². The zero-order valence-corrected chi connectivity index (χ0v) is 10.9. The van der Waals surface area contributed by atoms with Crippen LogP contribution in [0.3, 0.4) is 0 Å². The van der Waals surface area contributed by atoms with Crippen LogP contribution in [0.2, 0.25) is 0 Å². The van der Waals surface area contributed by atoms with Crippen LogP contribution in [0.25, 0.3) is 0 Å². The highest BCUT2D eigenvalue weighted by Gasteiger charge is 2.12. The Morgan fingerprint density at radius 3 is 2.67 bits per heavy atom. The molecule has 0 aliphatic carbocycles. The first-order chi connectivity index (χ1) is 8.30. The van der Waals surface area contributed by atoms with Gasteiger partial charge in [-0.25, -0.2) is 4.79 Å². The number of pyridine rings is 1. The molecule has 100 valence electrons. The van der Waals surface area contributed by atoms with Crippen molar-refractivity contribution in [1.29, 1.82) is 0 Å². The molecule has 7 nitrogen and oxygen atoms in total. The number of aromatic carboxylic acids is 1. The second kappa shape index (κ2) is 5.78. The molecule has 0 atom stereocenters. The molecule has 0 aromatic carbocycles. The Balaban J connectivity index is 2.78. The molecule has 8 heteroatoms. The molecule has 0 saturated heterocycles. The maximum Gasteiger partial charge on any atom is 0.337 e. The maximum absolute atomic E-state index is 11.6. The minimum absolute atomic E-state index is 0.0842. The van der Waals surface area contributed by atoms with Crippen molar-refractivity contribution in [3.05, 3.63) is 24.0 Å². The van der Waals surface area contributed by atoms with Gasteiger partial charge in [-0.1, -0.05) is 13.8 Å². The van der Waals surface area contributed by atoms with Crippen LogP contribution in [0.1, 0.15) is 24.2 Å². The molecule has 0 amide bonds. The van der Waals surface area contributed by atoms with Gasteiger partial charge in [0.2, 0.25) is 0 Å². The molecule has 0 spiro atoms. The van der Waals surface area contributed by atoms with Gasteiger partial charge in [0.15, 0.2) is 0 Å². The molecule has 1 aromatic heterocycles. The van der Waals surface area contributed by atoms with E-state index >= 15 is 0 Å². The minimum Gasteiger partial charge on any atom is -0.478 e. The summed E-state index contributed by atoms with van der Waals surface area (Å²) in [5.74, 6) is -0.997. The third-order valence-corrected chi connectivity index (χ3v) is 2.97. The molecule has 0 saturated carbocycles. The minimum atomic E-state index is -3.71. The van der Waals surface area contributed by atoms with E-state index in [4.69, 9.17) is 5.11 Å². The van der Waals surface area contributed by atoms with E-state index in [0.29, 0.717) is 6.54 Å². The molecule has 1 rings (SSSR count). The zero-order valence-electron chi connectivity index (χ0n) is 10.0. The molecule has 0 fully saturated rings. The summed E-state index contributed by atoms with van der Waals surface area (Å²) in [4.78, 5) is 14.4. The van der Waals surface area contributed by atoms with E-state index in [1.54, 1.807) is 0 Å². The smallest absolute Gasteiger partial charge is 0.337 e. The second-order valence-electron chi connectivity index (χ2n) is 4.12. The van der Waals surface area contributed by atoms with Crippen molar-refractivity contribution in [3.8, 4) is 0 Å². The molecule has 0 unspecified atom stereocenters. The third kappa shape index (κ3) is 4.68. The number of hydrogen-bond donors (Lipinski definition) is 3. The van der Waals surface area contributed by atoms with Crippen LogP contribution in [-0.2, 0) is 10.2 Å². The Hall–Kier alpha value is -1.67. The predicted octanol–water partition coefficient (Wildman–Crippen LogP) is 0.682. The summed E-state index contributed by atoms with van der Waals surface area (Å²) in [5.41, 5.74) is 0.0187. The Morgan fingerprint density at radius 1 is 1.44 bits per heavy atom. The number of carbonyl (C=O) groups is 1. The van der Waals surface area contributed by atoms with Gasteiger partial charge in [0.05, 0.1) is 17.4 Å². The fraction of sp³-hybridized carbons (Fsp3) is 0.400. The standard InChI is InChI=1S/C10H15N3O4S/c1-7(2)4-12-18(16,17)13-9-3-8(10(14)15)5-11-6-9/h3,5-7,12-13H,4H2,1-2H3,(H,14,15). The lowest BCUT2D eigenvalue weighted by atomic mass is 10.2. The molecule has 0 radical (unpaired) electrons. The molecule has 3 N–H and O–H groups in total. The van der Waals surface area contributed by atoms with Crippen molar-refractivity contribution < 1.29 is 18.3 Å². The summed E-state index contributed by atoms with van der Waals surface area (Å²) in [6.45, 7) is 4.03. The van der Waals surface area contributed by atoms with E-state index in [1.165, 1.54) is 12.3 Å². The quantitative estimate of drug-likeness (QED) is 0.706. The monoisotopic (exact) mass is 273 g/mol. The second-order valence-corrected chi connectivity index (χ2v) is 5.61. The highest BCUT2D eigenvalue weighted by molar-refractivity contribution is 7.90. The van der Waals surface area contributed by atoms with E-state index in [2.05, 4.69) is 14.4 Å². The van der Waals surface area contributed by atoms with Crippen LogP contribution >= 0.6 is 0 Å². The molecular weight excluding hydrogens is 258 g/mol. The normalized spacial score (nSPS) is 11.5. The van der Waals surface area contributed by atoms with Gasteiger partial charge >= 0.3 is 5.97 Å². The molecule has 0 aliphatic rings. The van der Waals surface area contributed by atoms with E-state index < -0.39 is 16.2 Å². The fourth-order valence-electron chi connectivity index (χ4n) is 1.08. The highest BCUT2D eigenvalue weighted by atomic mass is 32.2. The first kappa shape index (κ1) is 14.4. The van der Waals surface area contributed by atoms with Crippen LogP contribution < -0.4 is 9.44 Å². The number of hydrogen-bond acceptors (Lipinski definition) is 4. The number of carboxylic acid groups (broad SMARTS) is 1. The fourth-order valence-corrected chi connectivity index (χ4v) is 2.13. The summed E-state index contributed by atoms with van der Waals surface area (Å²) in [6.07, 6.45) is 2.38. The van der Waals surface area contributed by atoms with Crippen LogP contribution in [-0.4, -0.2) is 31.0 Å². The van der Waals surface area contributed by atoms with E-state index in [0.717, 1.165) is 6.20 Å². The Kier molecular flexibility index (Phi) is 4.62. The highest BCUT2D eigenvalue weighted by Crippen LogP contribution is 2.09. The Labute approximate surface area is 105 Å². The van der Waals surface area contributed by atoms with Gasteiger partial charge < -0.3 is 5.11 Å². The Morgan fingerprint density at radius 2 is 2.11 bits per heavy atom. The lowest BCUT2D eigenvalue weighted by Gasteiger charge is -2.10. The van der Waals surface area contributed by atoms with Gasteiger partial charge in [-0.2, -0.15) is 13.1 Å². The molecule has 18 heavy (non-hydrogen) atoms. The average molecular weight is 273 g/mol. The van der Waals surface area contributed by atoms with Crippen molar-refractivity contribution in [2.75, 3.05) is 11.3 Å². The SMILES string of the molecule is CC(C)CNS(=O)(=O)Nc1cncc(C(=O)O)c1. The first-order valence-corrected chi connectivity index (χ1v) is 6.74. The van der Waals surface area contributed by atoms with Gasteiger partial charge in [0.1, 0.15) is 0 Å². The zero-order chi connectivity index (χ0) is 13.8. The summed E-state index contributed by atoms with van der Waals surface area (Å²) >= 11 is 0. The van der Waals surface area contributed by atoms with Gasteiger partial charge in [-0.05, 0) is 12.0 Å². The van der Waals surface area contributed by atoms with Crippen molar-refractivity contribution in [1.82, 2.24) is 9.71 Å². The maximum atomic E-state index is 11.6. The number of aromatic nitrogens is 1. The molecule has 0 aliphatic heterocycles. The largest absolute Gasteiger partial charge is 0.478 e. The molecule has 0 bridgehead atoms. The lowest BCUT2D eigenvalue weighted by Crippen LogP contribution is -2.32. The summed E-state index contributed by atoms with van der Waals surface area (Å²) in [7, 11) is -3.71. The summed E-state index contributed by atoms with van der Waals surface area (Å²) in [5, 5.41) is 8.75. The third-order valence-electron chi connectivity index (χ3n) is 1.92. The van der Waals surface area contributed by atoms with Gasteiger partial charge in [0.25, 0.3) is 10.2 Å². The van der Waals surface area contributed by atoms with E-state index in [-0.39, 0.29) is 17.2 Å². The van der Waals surface area contributed by atoms with Gasteiger partial charge in [0, 0.05) is 12.7 Å². The molecule has 1 heterocycles. The van der Waals surface area contributed by atoms with Crippen LogP contribution in [0.15, 0.2) is 18.5 Å². The van der Waals surface area contributed by atoms with Crippen molar-refractivity contribution in [2.45, 2.75) is 13.8 Å². The lowest BCUT2D eigenvalue weighted by molar-refractivity contribution is 0.0696. The predicted molar refractivity (Wildman–Crippen MR) is 66.6 cm³/mol. The number of anilines is 1. The van der Waals surface area contributed by atoms with Crippen LogP contribution in [0, 0.1) is 5.92 Å². The van der Waals surface area contributed by atoms with Gasteiger partial charge in [-0.3, -0.25) is 9.71 Å². The Bertz CT molecular complexity index is 528. The van der Waals surface area contributed by atoms with Crippen molar-refractivity contribution in [3.63, 3.8) is 0 Å². The van der Waals surface area contributed by atoms with Gasteiger partial charge in [-0.15, -0.1) is 0 Å². The van der Waals surface area contributed by atoms with Crippen LogP contribution in [0.5, 0.6) is 0 Å². The molecule has 1 aromatic rings. The number of nitrogens with zero attached hydrogens (tertiary/aromatic N) is 1. The topological polar surface area (TPSA) is 108 Å². The number of nitrogens with one attached hydrogen (secondary N) is 2. The number of carboxylic acids is 1. The number of rotatable bonds is 6. The van der Waals surface area contributed by atoms with E-state index in [1.807, 2.05) is 13.8 Å². The van der Waals surface area contributed by atoms with Crippen molar-refractivity contribution >= 4 is 21.9 Å². The molecular formula is C10H15N3O4S. The average Bonchev–Trinajstić information content (AvgIpc) is 2.26. The first-order valence-electron chi connectivity index (χ1n) is 5.26. The summed E-state index contributed by atoms with van der Waals surface area (Å²) < 4.78 is 27.7.